The Morgan fingerprint density at radius 3 is 2.50 bits per heavy atom. The zero-order valence-electron chi connectivity index (χ0n) is 11.6. The van der Waals surface area contributed by atoms with Crippen LogP contribution >= 0.6 is 0 Å². The number of para-hydroxylation sites is 1. The number of hydrogen-bond donors (Lipinski definition) is 1. The van der Waals surface area contributed by atoms with E-state index in [1.54, 1.807) is 13.0 Å². The molecule has 1 heterocycles. The fraction of sp³-hybridized carbons (Fsp3) is 0.286. The van der Waals surface area contributed by atoms with E-state index in [0.717, 1.165) is 0 Å². The van der Waals surface area contributed by atoms with Gasteiger partial charge in [-0.05, 0) is 6.92 Å². The molecule has 2 atom stereocenters. The van der Waals surface area contributed by atoms with Crippen LogP contribution in [0.4, 0.5) is 5.69 Å². The number of nitriles is 2. The normalized spacial score (nSPS) is 18.1. The second-order valence-corrected chi connectivity index (χ2v) is 4.78. The molecule has 2 unspecified atom stereocenters. The Labute approximate surface area is 125 Å². The molecule has 1 N–H and O–H groups in total. The smallest absolute Gasteiger partial charge is 0.272 e. The Hall–Kier alpha value is -3.26. The highest BCUT2D eigenvalue weighted by Gasteiger charge is 2.43. The molecule has 1 aliphatic rings. The number of nitrogens with zero attached hydrogens (tertiary/aromatic N) is 4. The summed E-state index contributed by atoms with van der Waals surface area (Å²) in [6.07, 6.45) is 0. The van der Waals surface area contributed by atoms with Gasteiger partial charge in [0.2, 0.25) is 5.91 Å². The molecule has 1 aromatic carbocycles. The first-order valence-corrected chi connectivity index (χ1v) is 6.37. The van der Waals surface area contributed by atoms with Crippen molar-refractivity contribution in [1.29, 1.82) is 10.5 Å². The second kappa shape index (κ2) is 6.02. The van der Waals surface area contributed by atoms with Crippen LogP contribution in [0.25, 0.3) is 0 Å². The summed E-state index contributed by atoms with van der Waals surface area (Å²) in [5.74, 6) is -3.52. The second-order valence-electron chi connectivity index (χ2n) is 4.78. The molecule has 22 heavy (non-hydrogen) atoms. The molecule has 0 saturated heterocycles. The third-order valence-electron chi connectivity index (χ3n) is 3.56. The van der Waals surface area contributed by atoms with Gasteiger partial charge < -0.3 is 0 Å². The third-order valence-corrected chi connectivity index (χ3v) is 3.56. The molecule has 1 aromatic rings. The number of nitro groups is 1. The van der Waals surface area contributed by atoms with Crippen molar-refractivity contribution in [3.63, 3.8) is 0 Å². The highest BCUT2D eigenvalue weighted by molar-refractivity contribution is 6.07. The van der Waals surface area contributed by atoms with Gasteiger partial charge in [0.05, 0.1) is 23.0 Å². The minimum Gasteiger partial charge on any atom is -0.272 e. The maximum Gasteiger partial charge on any atom is 0.272 e. The Morgan fingerprint density at radius 1 is 1.36 bits per heavy atom. The van der Waals surface area contributed by atoms with Crippen LogP contribution in [0, 0.1) is 44.6 Å². The van der Waals surface area contributed by atoms with Gasteiger partial charge in [-0.3, -0.25) is 14.9 Å². The molecular formula is C14H11N5O3. The highest BCUT2D eigenvalue weighted by atomic mass is 16.6. The summed E-state index contributed by atoms with van der Waals surface area (Å²) in [7, 11) is 0. The number of benzene rings is 1. The molecule has 0 spiro atoms. The number of hydrazone groups is 1. The molecule has 1 amide bonds. The summed E-state index contributed by atoms with van der Waals surface area (Å²) < 4.78 is 0. The van der Waals surface area contributed by atoms with E-state index in [1.165, 1.54) is 18.2 Å². The lowest BCUT2D eigenvalue weighted by Crippen LogP contribution is -2.32. The van der Waals surface area contributed by atoms with Crippen LogP contribution in [0.2, 0.25) is 0 Å². The fourth-order valence-electron chi connectivity index (χ4n) is 2.57. The molecular weight excluding hydrogens is 286 g/mol. The predicted molar refractivity (Wildman–Crippen MR) is 75.3 cm³/mol. The molecule has 2 rings (SSSR count). The van der Waals surface area contributed by atoms with E-state index in [4.69, 9.17) is 0 Å². The van der Waals surface area contributed by atoms with Crippen molar-refractivity contribution in [3.8, 4) is 12.1 Å². The molecule has 0 radical (unpaired) electrons. The molecule has 0 saturated carbocycles. The van der Waals surface area contributed by atoms with E-state index in [2.05, 4.69) is 10.5 Å². The van der Waals surface area contributed by atoms with Crippen molar-refractivity contribution in [2.75, 3.05) is 0 Å². The van der Waals surface area contributed by atoms with Crippen molar-refractivity contribution >= 4 is 17.3 Å². The first-order chi connectivity index (χ1) is 10.5. The van der Waals surface area contributed by atoms with Gasteiger partial charge in [-0.15, -0.1) is 0 Å². The molecule has 110 valence electrons. The van der Waals surface area contributed by atoms with Crippen LogP contribution in [-0.4, -0.2) is 16.5 Å². The predicted octanol–water partition coefficient (Wildman–Crippen LogP) is 1.46. The average Bonchev–Trinajstić information content (AvgIpc) is 2.84. The van der Waals surface area contributed by atoms with Gasteiger partial charge in [-0.1, -0.05) is 18.2 Å². The summed E-state index contributed by atoms with van der Waals surface area (Å²) in [4.78, 5) is 22.6. The van der Waals surface area contributed by atoms with Gasteiger partial charge >= 0.3 is 0 Å². The van der Waals surface area contributed by atoms with E-state index in [-0.39, 0.29) is 11.3 Å². The molecule has 0 fully saturated rings. The number of carbonyl (C=O) groups is 1. The van der Waals surface area contributed by atoms with Crippen LogP contribution in [-0.2, 0) is 4.79 Å². The number of rotatable bonds is 4. The number of nitro benzene ring substituents is 1. The van der Waals surface area contributed by atoms with Gasteiger partial charge in [0.25, 0.3) is 5.69 Å². The van der Waals surface area contributed by atoms with Crippen LogP contribution in [0.15, 0.2) is 29.4 Å². The maximum absolute atomic E-state index is 12.0. The van der Waals surface area contributed by atoms with Crippen molar-refractivity contribution in [1.82, 2.24) is 5.43 Å². The van der Waals surface area contributed by atoms with E-state index in [1.807, 2.05) is 12.1 Å². The molecule has 0 aliphatic carbocycles. The molecule has 0 bridgehead atoms. The zero-order valence-corrected chi connectivity index (χ0v) is 11.6. The van der Waals surface area contributed by atoms with E-state index >= 15 is 0 Å². The Morgan fingerprint density at radius 2 is 2.00 bits per heavy atom. The average molecular weight is 297 g/mol. The molecule has 8 nitrogen and oxygen atoms in total. The summed E-state index contributed by atoms with van der Waals surface area (Å²) >= 11 is 0. The van der Waals surface area contributed by atoms with Crippen molar-refractivity contribution < 1.29 is 9.72 Å². The Kier molecular flexibility index (Phi) is 4.14. The van der Waals surface area contributed by atoms with Crippen LogP contribution in [0.1, 0.15) is 18.4 Å². The van der Waals surface area contributed by atoms with Gasteiger partial charge in [-0.2, -0.15) is 15.6 Å². The van der Waals surface area contributed by atoms with Gasteiger partial charge in [0.1, 0.15) is 5.92 Å². The summed E-state index contributed by atoms with van der Waals surface area (Å²) in [6, 6.07) is 9.44. The maximum atomic E-state index is 12.0. The van der Waals surface area contributed by atoms with Gasteiger partial charge in [0, 0.05) is 23.3 Å². The number of carbonyl (C=O) groups excluding carboxylic acids is 1. The topological polar surface area (TPSA) is 132 Å². The van der Waals surface area contributed by atoms with Gasteiger partial charge in [0.15, 0.2) is 0 Å². The quantitative estimate of drug-likeness (QED) is 0.663. The lowest BCUT2D eigenvalue weighted by molar-refractivity contribution is -0.385. The Balaban J connectivity index is 2.64. The van der Waals surface area contributed by atoms with Crippen molar-refractivity contribution in [2.24, 2.45) is 16.9 Å². The minimum atomic E-state index is -1.21. The monoisotopic (exact) mass is 297 g/mol. The zero-order chi connectivity index (χ0) is 16.3. The molecule has 8 heteroatoms. The number of amides is 1. The van der Waals surface area contributed by atoms with Crippen LogP contribution in [0.3, 0.4) is 0 Å². The van der Waals surface area contributed by atoms with E-state index < -0.39 is 28.6 Å². The van der Waals surface area contributed by atoms with E-state index in [9.17, 15) is 25.4 Å². The lowest BCUT2D eigenvalue weighted by Gasteiger charge is -2.22. The van der Waals surface area contributed by atoms with E-state index in [0.29, 0.717) is 5.71 Å². The van der Waals surface area contributed by atoms with Gasteiger partial charge in [-0.25, -0.2) is 5.43 Å². The summed E-state index contributed by atoms with van der Waals surface area (Å²) in [5, 5.41) is 33.4. The van der Waals surface area contributed by atoms with Crippen molar-refractivity contribution in [2.45, 2.75) is 12.8 Å². The summed E-state index contributed by atoms with van der Waals surface area (Å²) in [6.45, 7) is 1.58. The first-order valence-electron chi connectivity index (χ1n) is 6.37. The highest BCUT2D eigenvalue weighted by Crippen LogP contribution is 2.39. The SMILES string of the molecule is CC1=NNC(=O)C1C(c1ccccc1[N+](=O)[O-])C(C#N)C#N. The Bertz CT molecular complexity index is 730. The molecule has 1 aliphatic heterocycles. The number of nitrogens with one attached hydrogen (secondary N) is 1. The number of hydrogen-bond acceptors (Lipinski definition) is 6. The fourth-order valence-corrected chi connectivity index (χ4v) is 2.57. The van der Waals surface area contributed by atoms with Crippen LogP contribution in [0.5, 0.6) is 0 Å². The minimum absolute atomic E-state index is 0.178. The van der Waals surface area contributed by atoms with Crippen LogP contribution < -0.4 is 5.43 Å². The van der Waals surface area contributed by atoms with Crippen molar-refractivity contribution in [3.05, 3.63) is 39.9 Å². The largest absolute Gasteiger partial charge is 0.272 e. The third kappa shape index (κ3) is 2.50. The summed E-state index contributed by atoms with van der Waals surface area (Å²) in [5.41, 5.74) is 2.63. The first kappa shape index (κ1) is 15.1. The molecule has 0 aromatic heterocycles. The standard InChI is InChI=1S/C14H11N5O3/c1-8-12(14(20)18-17-8)13(9(6-15)7-16)10-4-2-3-5-11(10)19(21)22/h2-5,9,12-13H,1H3,(H,18,20). The lowest BCUT2D eigenvalue weighted by atomic mass is 9.75.